The van der Waals surface area contributed by atoms with Gasteiger partial charge in [0.2, 0.25) is 0 Å². The van der Waals surface area contributed by atoms with Gasteiger partial charge >= 0.3 is 0 Å². The lowest BCUT2D eigenvalue weighted by Gasteiger charge is -2.17. The van der Waals surface area contributed by atoms with E-state index in [1.165, 1.54) is 24.1 Å². The van der Waals surface area contributed by atoms with Gasteiger partial charge in [-0.1, -0.05) is 37.3 Å². The van der Waals surface area contributed by atoms with Gasteiger partial charge in [0.1, 0.15) is 0 Å². The minimum Gasteiger partial charge on any atom is -0.348 e. The molecule has 0 spiro atoms. The summed E-state index contributed by atoms with van der Waals surface area (Å²) in [7, 11) is 2.17. The summed E-state index contributed by atoms with van der Waals surface area (Å²) in [6, 6.07) is 11.7. The molecule has 1 saturated carbocycles. The van der Waals surface area contributed by atoms with Crippen LogP contribution in [0.25, 0.3) is 0 Å². The van der Waals surface area contributed by atoms with Gasteiger partial charge in [0.25, 0.3) is 0 Å². The van der Waals surface area contributed by atoms with E-state index in [1.807, 2.05) is 0 Å². The van der Waals surface area contributed by atoms with E-state index in [0.29, 0.717) is 6.04 Å². The van der Waals surface area contributed by atoms with Gasteiger partial charge in [0.15, 0.2) is 5.13 Å². The average Bonchev–Trinajstić information content (AvgIpc) is 3.26. The minimum absolute atomic E-state index is 0.345. The average molecular weight is 301 g/mol. The van der Waals surface area contributed by atoms with E-state index in [1.54, 1.807) is 11.3 Å². The van der Waals surface area contributed by atoms with E-state index in [0.717, 1.165) is 24.1 Å². The molecule has 112 valence electrons. The number of aromatic nitrogens is 1. The van der Waals surface area contributed by atoms with Crippen LogP contribution in [0.3, 0.4) is 0 Å². The summed E-state index contributed by atoms with van der Waals surface area (Å²) in [5.74, 6) is 0. The van der Waals surface area contributed by atoms with Crippen molar-refractivity contribution in [3.05, 3.63) is 47.0 Å². The molecule has 0 radical (unpaired) electrons. The lowest BCUT2D eigenvalue weighted by atomic mass is 10.0. The molecule has 3 nitrogen and oxygen atoms in total. The van der Waals surface area contributed by atoms with Crippen molar-refractivity contribution >= 4 is 16.5 Å². The molecule has 0 aliphatic heterocycles. The summed E-state index contributed by atoms with van der Waals surface area (Å²) in [5, 5.41) is 6.94. The molecule has 2 aromatic rings. The second-order valence-corrected chi connectivity index (χ2v) is 6.53. The molecule has 3 rings (SSSR count). The van der Waals surface area contributed by atoms with E-state index in [4.69, 9.17) is 4.98 Å². The van der Waals surface area contributed by atoms with Crippen molar-refractivity contribution in [3.63, 3.8) is 0 Å². The minimum atomic E-state index is 0.345. The highest BCUT2D eigenvalue weighted by Gasteiger charge is 2.28. The SMILES string of the molecule is CCNC(Cc1csc(N(C)C2CC2)n1)c1ccccc1. The molecule has 1 aliphatic rings. The molecule has 21 heavy (non-hydrogen) atoms. The van der Waals surface area contributed by atoms with Gasteiger partial charge in [-0.2, -0.15) is 0 Å². The molecular weight excluding hydrogens is 278 g/mol. The smallest absolute Gasteiger partial charge is 0.185 e. The zero-order chi connectivity index (χ0) is 14.7. The number of hydrogen-bond donors (Lipinski definition) is 1. The van der Waals surface area contributed by atoms with E-state index >= 15 is 0 Å². The molecule has 0 bridgehead atoms. The van der Waals surface area contributed by atoms with Crippen molar-refractivity contribution in [3.8, 4) is 0 Å². The molecular formula is C17H23N3S. The summed E-state index contributed by atoms with van der Waals surface area (Å²) in [6.07, 6.45) is 3.58. The van der Waals surface area contributed by atoms with Gasteiger partial charge in [0.05, 0.1) is 5.69 Å². The first-order chi connectivity index (χ1) is 10.3. The summed E-state index contributed by atoms with van der Waals surface area (Å²) in [5.41, 5.74) is 2.53. The quantitative estimate of drug-likeness (QED) is 0.846. The molecule has 1 unspecified atom stereocenters. The van der Waals surface area contributed by atoms with Crippen LogP contribution in [0.1, 0.15) is 37.1 Å². The lowest BCUT2D eigenvalue weighted by Crippen LogP contribution is -2.23. The second-order valence-electron chi connectivity index (χ2n) is 5.69. The highest BCUT2D eigenvalue weighted by Crippen LogP contribution is 2.32. The molecule has 1 N–H and O–H groups in total. The normalized spacial score (nSPS) is 15.9. The van der Waals surface area contributed by atoms with Crippen LogP contribution >= 0.6 is 11.3 Å². The van der Waals surface area contributed by atoms with Gasteiger partial charge in [0, 0.05) is 30.9 Å². The number of nitrogens with zero attached hydrogens (tertiary/aromatic N) is 2. The van der Waals surface area contributed by atoms with Crippen molar-refractivity contribution < 1.29 is 0 Å². The fourth-order valence-corrected chi connectivity index (χ4v) is 3.49. The third kappa shape index (κ3) is 3.63. The Bertz CT molecular complexity index is 562. The van der Waals surface area contributed by atoms with Crippen LogP contribution in [0.4, 0.5) is 5.13 Å². The molecule has 1 aromatic carbocycles. The van der Waals surface area contributed by atoms with Crippen molar-refractivity contribution in [2.24, 2.45) is 0 Å². The first-order valence-corrected chi connectivity index (χ1v) is 8.61. The third-order valence-corrected chi connectivity index (χ3v) is 4.98. The van der Waals surface area contributed by atoms with Crippen molar-refractivity contribution in [1.29, 1.82) is 0 Å². The van der Waals surface area contributed by atoms with Gasteiger partial charge in [-0.25, -0.2) is 4.98 Å². The van der Waals surface area contributed by atoms with Gasteiger partial charge in [-0.05, 0) is 24.9 Å². The topological polar surface area (TPSA) is 28.2 Å². The summed E-state index contributed by atoms with van der Waals surface area (Å²) in [6.45, 7) is 3.13. The van der Waals surface area contributed by atoms with Gasteiger partial charge in [-0.15, -0.1) is 11.3 Å². The summed E-state index contributed by atoms with van der Waals surface area (Å²) >= 11 is 1.77. The van der Waals surface area contributed by atoms with Crippen LogP contribution in [0.15, 0.2) is 35.7 Å². The van der Waals surface area contributed by atoms with E-state index < -0.39 is 0 Å². The summed E-state index contributed by atoms with van der Waals surface area (Å²) < 4.78 is 0. The number of anilines is 1. The molecule has 1 fully saturated rings. The van der Waals surface area contributed by atoms with E-state index in [-0.39, 0.29) is 0 Å². The maximum absolute atomic E-state index is 4.82. The highest BCUT2D eigenvalue weighted by atomic mass is 32.1. The maximum Gasteiger partial charge on any atom is 0.185 e. The molecule has 1 aliphatic carbocycles. The Morgan fingerprint density at radius 2 is 2.10 bits per heavy atom. The number of nitrogens with one attached hydrogen (secondary N) is 1. The van der Waals surface area contributed by atoms with Crippen LogP contribution in [0, 0.1) is 0 Å². The predicted molar refractivity (Wildman–Crippen MR) is 90.1 cm³/mol. The van der Waals surface area contributed by atoms with Gasteiger partial charge in [-0.3, -0.25) is 0 Å². The Hall–Kier alpha value is -1.39. The Kier molecular flexibility index (Phi) is 4.56. The number of benzene rings is 1. The first-order valence-electron chi connectivity index (χ1n) is 7.73. The fraction of sp³-hybridized carbons (Fsp3) is 0.471. The van der Waals surface area contributed by atoms with Gasteiger partial charge < -0.3 is 10.2 Å². The number of hydrogen-bond acceptors (Lipinski definition) is 4. The highest BCUT2D eigenvalue weighted by molar-refractivity contribution is 7.13. The Morgan fingerprint density at radius 3 is 2.76 bits per heavy atom. The Labute approximate surface area is 131 Å². The van der Waals surface area contributed by atoms with Crippen LogP contribution in [0.2, 0.25) is 0 Å². The molecule has 0 saturated heterocycles. The summed E-state index contributed by atoms with van der Waals surface area (Å²) in [4.78, 5) is 7.16. The predicted octanol–water partition coefficient (Wildman–Crippen LogP) is 3.64. The number of thiazole rings is 1. The van der Waals surface area contributed by atoms with Crippen LogP contribution in [-0.4, -0.2) is 24.6 Å². The third-order valence-electron chi connectivity index (χ3n) is 4.00. The van der Waals surface area contributed by atoms with Crippen molar-refractivity contribution in [2.75, 3.05) is 18.5 Å². The zero-order valence-electron chi connectivity index (χ0n) is 12.7. The molecule has 4 heteroatoms. The van der Waals surface area contributed by atoms with E-state index in [9.17, 15) is 0 Å². The molecule has 1 atom stereocenters. The van der Waals surface area contributed by atoms with E-state index in [2.05, 4.69) is 59.9 Å². The Balaban J connectivity index is 1.70. The number of likely N-dealkylation sites (N-methyl/N-ethyl adjacent to an activating group) is 1. The lowest BCUT2D eigenvalue weighted by molar-refractivity contribution is 0.545. The zero-order valence-corrected chi connectivity index (χ0v) is 13.6. The largest absolute Gasteiger partial charge is 0.348 e. The maximum atomic E-state index is 4.82. The Morgan fingerprint density at radius 1 is 1.33 bits per heavy atom. The standard InChI is InChI=1S/C17H23N3S/c1-3-18-16(13-7-5-4-6-8-13)11-14-12-21-17(19-14)20(2)15-9-10-15/h4-8,12,15-16,18H,3,9-11H2,1-2H3. The van der Waals surface area contributed by atoms with Crippen LogP contribution in [-0.2, 0) is 6.42 Å². The first kappa shape index (κ1) is 14.5. The molecule has 1 heterocycles. The molecule has 0 amide bonds. The van der Waals surface area contributed by atoms with Crippen LogP contribution < -0.4 is 10.2 Å². The number of rotatable bonds is 7. The molecule has 1 aromatic heterocycles. The second kappa shape index (κ2) is 6.58. The monoisotopic (exact) mass is 301 g/mol. The van der Waals surface area contributed by atoms with Crippen molar-refractivity contribution in [2.45, 2.75) is 38.3 Å². The van der Waals surface area contributed by atoms with Crippen LogP contribution in [0.5, 0.6) is 0 Å². The van der Waals surface area contributed by atoms with Crippen molar-refractivity contribution in [1.82, 2.24) is 10.3 Å². The fourth-order valence-electron chi connectivity index (χ4n) is 2.62.